The highest BCUT2D eigenvalue weighted by molar-refractivity contribution is 7.90. The Labute approximate surface area is 89.5 Å². The Morgan fingerprint density at radius 3 is 2.33 bits per heavy atom. The maximum Gasteiger partial charge on any atom is 0.251 e. The average molecular weight is 244 g/mol. The highest BCUT2D eigenvalue weighted by Crippen LogP contribution is 1.98. The van der Waals surface area contributed by atoms with Crippen LogP contribution in [0.15, 0.2) is 0 Å². The number of alkyl halides is 2. The van der Waals surface area contributed by atoms with Crippen LogP contribution in [-0.2, 0) is 10.0 Å². The van der Waals surface area contributed by atoms with E-state index in [2.05, 4.69) is 5.32 Å². The van der Waals surface area contributed by atoms with Crippen molar-refractivity contribution in [3.8, 4) is 0 Å². The van der Waals surface area contributed by atoms with Gasteiger partial charge in [-0.1, -0.05) is 6.92 Å². The summed E-state index contributed by atoms with van der Waals surface area (Å²) in [5.74, 6) is 0. The van der Waals surface area contributed by atoms with Gasteiger partial charge in [-0.3, -0.25) is 0 Å². The van der Waals surface area contributed by atoms with Crippen molar-refractivity contribution in [2.75, 3.05) is 19.6 Å². The van der Waals surface area contributed by atoms with Crippen molar-refractivity contribution in [2.24, 2.45) is 0 Å². The molecule has 92 valence electrons. The molecule has 0 fully saturated rings. The summed E-state index contributed by atoms with van der Waals surface area (Å²) in [6.45, 7) is 3.61. The quantitative estimate of drug-likeness (QED) is 0.613. The molecule has 0 amide bonds. The van der Waals surface area contributed by atoms with Crippen molar-refractivity contribution in [2.45, 2.75) is 31.9 Å². The van der Waals surface area contributed by atoms with E-state index in [1.54, 1.807) is 0 Å². The van der Waals surface area contributed by atoms with Crippen LogP contribution in [0.25, 0.3) is 0 Å². The fourth-order valence-corrected chi connectivity index (χ4v) is 1.89. The number of hydrogen-bond acceptors (Lipinski definition) is 3. The summed E-state index contributed by atoms with van der Waals surface area (Å²) in [5, 5.41) is 2.22. The summed E-state index contributed by atoms with van der Waals surface area (Å²) < 4.78 is 48.1. The maximum absolute atomic E-state index is 11.8. The Hall–Kier alpha value is -0.270. The van der Waals surface area contributed by atoms with Gasteiger partial charge in [-0.25, -0.2) is 21.9 Å². The van der Waals surface area contributed by atoms with E-state index in [0.717, 1.165) is 6.42 Å². The van der Waals surface area contributed by atoms with Gasteiger partial charge >= 0.3 is 0 Å². The number of sulfonamides is 1. The predicted molar refractivity (Wildman–Crippen MR) is 55.5 cm³/mol. The zero-order chi connectivity index (χ0) is 11.9. The third-order valence-corrected chi connectivity index (χ3v) is 3.62. The minimum atomic E-state index is -3.63. The molecule has 1 atom stereocenters. The Kier molecular flexibility index (Phi) is 6.95. The van der Waals surface area contributed by atoms with E-state index in [1.807, 2.05) is 11.6 Å². The lowest BCUT2D eigenvalue weighted by Crippen LogP contribution is -2.40. The third kappa shape index (κ3) is 6.75. The lowest BCUT2D eigenvalue weighted by molar-refractivity contribution is 0.153. The molecule has 0 saturated carbocycles. The standard InChI is InChI=1S/C8H18F2N2O2S/c1-3-4-11-5-7(2)15(13,14)12-6-8(9)10/h7-8,11-12H,3-6H2,1-2H3. The Morgan fingerprint density at radius 1 is 1.27 bits per heavy atom. The summed E-state index contributed by atoms with van der Waals surface area (Å²) in [5.41, 5.74) is 0. The highest BCUT2D eigenvalue weighted by atomic mass is 32.2. The zero-order valence-electron chi connectivity index (χ0n) is 8.96. The molecule has 0 saturated heterocycles. The Morgan fingerprint density at radius 2 is 1.87 bits per heavy atom. The van der Waals surface area contributed by atoms with E-state index in [0.29, 0.717) is 6.54 Å². The van der Waals surface area contributed by atoms with Gasteiger partial charge in [-0.05, 0) is 19.9 Å². The average Bonchev–Trinajstić information content (AvgIpc) is 2.15. The van der Waals surface area contributed by atoms with Gasteiger partial charge in [0.1, 0.15) is 0 Å². The van der Waals surface area contributed by atoms with Crippen molar-refractivity contribution in [1.82, 2.24) is 10.0 Å². The summed E-state index contributed by atoms with van der Waals surface area (Å²) >= 11 is 0. The normalized spacial score (nSPS) is 14.5. The van der Waals surface area contributed by atoms with Gasteiger partial charge < -0.3 is 5.32 Å². The first-order valence-corrected chi connectivity index (χ1v) is 6.42. The van der Waals surface area contributed by atoms with Crippen LogP contribution < -0.4 is 10.0 Å². The van der Waals surface area contributed by atoms with Gasteiger partial charge in [0.2, 0.25) is 10.0 Å². The second-order valence-electron chi connectivity index (χ2n) is 3.30. The molecule has 0 aromatic heterocycles. The molecule has 0 aliphatic carbocycles. The SMILES string of the molecule is CCCNCC(C)S(=O)(=O)NCC(F)F. The molecule has 4 nitrogen and oxygen atoms in total. The van der Waals surface area contributed by atoms with Crippen molar-refractivity contribution >= 4 is 10.0 Å². The molecule has 1 unspecified atom stereocenters. The molecule has 2 N–H and O–H groups in total. The van der Waals surface area contributed by atoms with E-state index in [1.165, 1.54) is 6.92 Å². The zero-order valence-corrected chi connectivity index (χ0v) is 9.78. The number of rotatable bonds is 8. The molecule has 0 aromatic carbocycles. The first kappa shape index (κ1) is 14.7. The van der Waals surface area contributed by atoms with Crippen LogP contribution in [0.5, 0.6) is 0 Å². The van der Waals surface area contributed by atoms with Crippen LogP contribution in [0, 0.1) is 0 Å². The van der Waals surface area contributed by atoms with Crippen LogP contribution >= 0.6 is 0 Å². The van der Waals surface area contributed by atoms with Crippen LogP contribution in [0.3, 0.4) is 0 Å². The first-order chi connectivity index (χ1) is 6.90. The van der Waals surface area contributed by atoms with E-state index < -0.39 is 28.2 Å². The van der Waals surface area contributed by atoms with Gasteiger partial charge in [0.05, 0.1) is 11.8 Å². The summed E-state index contributed by atoms with van der Waals surface area (Å²) in [6.07, 6.45) is -1.76. The van der Waals surface area contributed by atoms with E-state index in [4.69, 9.17) is 0 Å². The van der Waals surface area contributed by atoms with Gasteiger partial charge in [0.25, 0.3) is 6.43 Å². The lowest BCUT2D eigenvalue weighted by atomic mass is 10.4. The molecule has 0 spiro atoms. The largest absolute Gasteiger partial charge is 0.315 e. The predicted octanol–water partition coefficient (Wildman–Crippen LogP) is 0.559. The number of halogens is 2. The Balaban J connectivity index is 3.97. The fourth-order valence-electron chi connectivity index (χ4n) is 0.913. The summed E-state index contributed by atoms with van der Waals surface area (Å²) in [6, 6.07) is 0. The number of nitrogens with one attached hydrogen (secondary N) is 2. The summed E-state index contributed by atoms with van der Waals surface area (Å²) in [4.78, 5) is 0. The molecule has 0 aliphatic rings. The first-order valence-electron chi connectivity index (χ1n) is 4.87. The minimum Gasteiger partial charge on any atom is -0.315 e. The van der Waals surface area contributed by atoms with Crippen molar-refractivity contribution in [3.05, 3.63) is 0 Å². The smallest absolute Gasteiger partial charge is 0.251 e. The Bertz CT molecular complexity index is 257. The lowest BCUT2D eigenvalue weighted by Gasteiger charge is -2.14. The number of hydrogen-bond donors (Lipinski definition) is 2. The molecule has 0 aliphatic heterocycles. The highest BCUT2D eigenvalue weighted by Gasteiger charge is 2.20. The van der Waals surface area contributed by atoms with E-state index in [9.17, 15) is 17.2 Å². The molecule has 0 bridgehead atoms. The van der Waals surface area contributed by atoms with Gasteiger partial charge in [0.15, 0.2) is 0 Å². The van der Waals surface area contributed by atoms with E-state index in [-0.39, 0.29) is 6.54 Å². The fraction of sp³-hybridized carbons (Fsp3) is 1.00. The van der Waals surface area contributed by atoms with Gasteiger partial charge in [-0.15, -0.1) is 0 Å². The maximum atomic E-state index is 11.8. The molecule has 0 radical (unpaired) electrons. The molecule has 7 heteroatoms. The molecular weight excluding hydrogens is 226 g/mol. The summed E-state index contributed by atoms with van der Waals surface area (Å²) in [7, 11) is -3.63. The monoisotopic (exact) mass is 244 g/mol. The van der Waals surface area contributed by atoms with Gasteiger partial charge in [0, 0.05) is 6.54 Å². The molecule has 0 heterocycles. The van der Waals surface area contributed by atoms with Gasteiger partial charge in [-0.2, -0.15) is 0 Å². The minimum absolute atomic E-state index is 0.270. The molecule has 0 rings (SSSR count). The second-order valence-corrected chi connectivity index (χ2v) is 5.48. The third-order valence-electron chi connectivity index (χ3n) is 1.83. The van der Waals surface area contributed by atoms with E-state index >= 15 is 0 Å². The van der Waals surface area contributed by atoms with Crippen LogP contribution in [0.2, 0.25) is 0 Å². The van der Waals surface area contributed by atoms with Crippen LogP contribution in [0.1, 0.15) is 20.3 Å². The van der Waals surface area contributed by atoms with Crippen LogP contribution in [0.4, 0.5) is 8.78 Å². The van der Waals surface area contributed by atoms with Crippen molar-refractivity contribution in [1.29, 1.82) is 0 Å². The van der Waals surface area contributed by atoms with Crippen molar-refractivity contribution < 1.29 is 17.2 Å². The second kappa shape index (κ2) is 7.08. The molecule has 0 aromatic rings. The van der Waals surface area contributed by atoms with Crippen LogP contribution in [-0.4, -0.2) is 39.7 Å². The van der Waals surface area contributed by atoms with Crippen molar-refractivity contribution in [3.63, 3.8) is 0 Å². The molecular formula is C8H18F2N2O2S. The topological polar surface area (TPSA) is 58.2 Å². The molecule has 15 heavy (non-hydrogen) atoms.